The second-order valence-corrected chi connectivity index (χ2v) is 6.78. The van der Waals surface area contributed by atoms with Gasteiger partial charge in [0.05, 0.1) is 6.20 Å². The van der Waals surface area contributed by atoms with Crippen molar-refractivity contribution in [1.82, 2.24) is 20.4 Å². The Labute approximate surface area is 140 Å². The van der Waals surface area contributed by atoms with Gasteiger partial charge in [-0.05, 0) is 54.5 Å². The quantitative estimate of drug-likeness (QED) is 0.844. The van der Waals surface area contributed by atoms with Crippen molar-refractivity contribution in [2.24, 2.45) is 0 Å². The smallest absolute Gasteiger partial charge is 0.317 e. The van der Waals surface area contributed by atoms with Crippen molar-refractivity contribution in [2.75, 3.05) is 6.54 Å². The first-order chi connectivity index (χ1) is 11.2. The number of aryl methyl sites for hydroxylation is 1. The van der Waals surface area contributed by atoms with Crippen LogP contribution in [-0.2, 0) is 25.8 Å². The molecule has 2 heterocycles. The summed E-state index contributed by atoms with van der Waals surface area (Å²) < 4.78 is 0. The van der Waals surface area contributed by atoms with Crippen molar-refractivity contribution in [1.29, 1.82) is 0 Å². The molecule has 5 nitrogen and oxygen atoms in total. The molecule has 120 valence electrons. The third kappa shape index (κ3) is 2.93. The lowest BCUT2D eigenvalue weighted by molar-refractivity contribution is 0.187. The van der Waals surface area contributed by atoms with E-state index in [9.17, 15) is 4.79 Å². The number of urea groups is 1. The molecule has 2 N–H and O–H groups in total. The second kappa shape index (κ2) is 5.89. The molecule has 0 bridgehead atoms. The molecule has 0 saturated heterocycles. The summed E-state index contributed by atoms with van der Waals surface area (Å²) in [6, 6.07) is 6.15. The SMILES string of the molecule is O=C(NC1CCc2[nH]ncc2C1)N1CCc2cc(Cl)ccc2C1. The number of hydrogen-bond donors (Lipinski definition) is 2. The number of nitrogens with zero attached hydrogens (tertiary/aromatic N) is 2. The summed E-state index contributed by atoms with van der Waals surface area (Å²) in [4.78, 5) is 14.4. The van der Waals surface area contributed by atoms with E-state index >= 15 is 0 Å². The Hall–Kier alpha value is -2.01. The van der Waals surface area contributed by atoms with Crippen LogP contribution in [0.4, 0.5) is 4.79 Å². The van der Waals surface area contributed by atoms with Gasteiger partial charge in [0.2, 0.25) is 0 Å². The van der Waals surface area contributed by atoms with Crippen LogP contribution in [0.25, 0.3) is 0 Å². The van der Waals surface area contributed by atoms with Crippen LogP contribution < -0.4 is 5.32 Å². The van der Waals surface area contributed by atoms with E-state index in [0.717, 1.165) is 37.3 Å². The van der Waals surface area contributed by atoms with E-state index in [1.807, 2.05) is 29.3 Å². The van der Waals surface area contributed by atoms with Crippen LogP contribution in [0.5, 0.6) is 0 Å². The monoisotopic (exact) mass is 330 g/mol. The normalized spacial score (nSPS) is 19.9. The topological polar surface area (TPSA) is 61.0 Å². The van der Waals surface area contributed by atoms with Crippen LogP contribution in [0.2, 0.25) is 5.02 Å². The van der Waals surface area contributed by atoms with E-state index in [1.54, 1.807) is 0 Å². The maximum absolute atomic E-state index is 12.6. The van der Waals surface area contributed by atoms with E-state index in [-0.39, 0.29) is 12.1 Å². The Morgan fingerprint density at radius 1 is 1.30 bits per heavy atom. The number of nitrogens with one attached hydrogen (secondary N) is 2. The highest BCUT2D eigenvalue weighted by molar-refractivity contribution is 6.30. The number of carbonyl (C=O) groups excluding carboxylic acids is 1. The van der Waals surface area contributed by atoms with Crippen molar-refractivity contribution in [3.8, 4) is 0 Å². The van der Waals surface area contributed by atoms with Crippen molar-refractivity contribution < 1.29 is 4.79 Å². The Morgan fingerprint density at radius 3 is 3.13 bits per heavy atom. The molecule has 1 aromatic carbocycles. The third-order valence-corrected chi connectivity index (χ3v) is 5.05. The summed E-state index contributed by atoms with van der Waals surface area (Å²) in [6.07, 6.45) is 5.49. The Morgan fingerprint density at radius 2 is 2.22 bits per heavy atom. The highest BCUT2D eigenvalue weighted by atomic mass is 35.5. The first-order valence-electron chi connectivity index (χ1n) is 8.03. The summed E-state index contributed by atoms with van der Waals surface area (Å²) in [5.74, 6) is 0. The average Bonchev–Trinajstić information content (AvgIpc) is 3.02. The second-order valence-electron chi connectivity index (χ2n) is 6.35. The number of aromatic nitrogens is 2. The molecule has 1 atom stereocenters. The molecule has 4 rings (SSSR count). The zero-order chi connectivity index (χ0) is 15.8. The lowest BCUT2D eigenvalue weighted by atomic mass is 9.93. The maximum atomic E-state index is 12.6. The number of rotatable bonds is 1. The molecule has 0 spiro atoms. The number of fused-ring (bicyclic) bond motifs is 2. The van der Waals surface area contributed by atoms with E-state index in [2.05, 4.69) is 15.5 Å². The summed E-state index contributed by atoms with van der Waals surface area (Å²) in [5, 5.41) is 11.1. The zero-order valence-electron chi connectivity index (χ0n) is 12.8. The molecule has 2 aliphatic rings. The summed E-state index contributed by atoms with van der Waals surface area (Å²) in [6.45, 7) is 1.39. The number of H-pyrrole nitrogens is 1. The van der Waals surface area contributed by atoms with Gasteiger partial charge in [0, 0.05) is 29.8 Å². The molecule has 6 heteroatoms. The minimum Gasteiger partial charge on any atom is -0.335 e. The van der Waals surface area contributed by atoms with Crippen molar-refractivity contribution in [3.63, 3.8) is 0 Å². The van der Waals surface area contributed by atoms with Gasteiger partial charge in [0.1, 0.15) is 0 Å². The number of benzene rings is 1. The van der Waals surface area contributed by atoms with Crippen LogP contribution in [0.3, 0.4) is 0 Å². The fraction of sp³-hybridized carbons (Fsp3) is 0.412. The maximum Gasteiger partial charge on any atom is 0.317 e. The molecule has 0 fully saturated rings. The van der Waals surface area contributed by atoms with Gasteiger partial charge < -0.3 is 10.2 Å². The Kier molecular flexibility index (Phi) is 3.73. The third-order valence-electron chi connectivity index (χ3n) is 4.81. The van der Waals surface area contributed by atoms with Crippen molar-refractivity contribution in [2.45, 2.75) is 38.3 Å². The molecule has 1 aliphatic carbocycles. The standard InChI is InChI=1S/C17H19ClN4O/c18-14-2-1-12-10-22(6-5-11(12)7-14)17(23)20-15-3-4-16-13(8-15)9-19-21-16/h1-2,7,9,15H,3-6,8,10H2,(H,19,21)(H,20,23). The number of carbonyl (C=O) groups is 1. The molecule has 0 saturated carbocycles. The minimum absolute atomic E-state index is 0.0301. The van der Waals surface area contributed by atoms with Crippen LogP contribution in [0, 0.1) is 0 Å². The Balaban J connectivity index is 1.40. The van der Waals surface area contributed by atoms with Gasteiger partial charge in [-0.15, -0.1) is 0 Å². The van der Waals surface area contributed by atoms with Crippen molar-refractivity contribution >= 4 is 17.6 Å². The largest absolute Gasteiger partial charge is 0.335 e. The lowest BCUT2D eigenvalue weighted by Crippen LogP contribution is -2.48. The molecule has 2 aromatic rings. The van der Waals surface area contributed by atoms with Crippen LogP contribution in [0.1, 0.15) is 28.8 Å². The van der Waals surface area contributed by atoms with Crippen LogP contribution in [-0.4, -0.2) is 33.7 Å². The highest BCUT2D eigenvalue weighted by Crippen LogP contribution is 2.23. The zero-order valence-corrected chi connectivity index (χ0v) is 13.6. The van der Waals surface area contributed by atoms with Gasteiger partial charge in [-0.2, -0.15) is 5.10 Å². The molecule has 23 heavy (non-hydrogen) atoms. The van der Waals surface area contributed by atoms with Gasteiger partial charge >= 0.3 is 6.03 Å². The molecule has 0 radical (unpaired) electrons. The van der Waals surface area contributed by atoms with E-state index in [1.165, 1.54) is 22.4 Å². The molecular formula is C17H19ClN4O. The molecular weight excluding hydrogens is 312 g/mol. The van der Waals surface area contributed by atoms with Gasteiger partial charge in [0.15, 0.2) is 0 Å². The molecule has 2 amide bonds. The first kappa shape index (κ1) is 14.6. The van der Waals surface area contributed by atoms with Crippen LogP contribution >= 0.6 is 11.6 Å². The summed E-state index contributed by atoms with van der Waals surface area (Å²) >= 11 is 6.04. The summed E-state index contributed by atoms with van der Waals surface area (Å²) in [5.41, 5.74) is 4.87. The van der Waals surface area contributed by atoms with Gasteiger partial charge in [-0.1, -0.05) is 17.7 Å². The molecule has 1 aliphatic heterocycles. The van der Waals surface area contributed by atoms with Gasteiger partial charge in [0.25, 0.3) is 0 Å². The number of amides is 2. The lowest BCUT2D eigenvalue weighted by Gasteiger charge is -2.31. The molecule has 1 aromatic heterocycles. The fourth-order valence-corrected chi connectivity index (χ4v) is 3.70. The van der Waals surface area contributed by atoms with Crippen LogP contribution in [0.15, 0.2) is 24.4 Å². The van der Waals surface area contributed by atoms with Gasteiger partial charge in [-0.25, -0.2) is 4.79 Å². The number of halogens is 1. The predicted octanol–water partition coefficient (Wildman–Crippen LogP) is 2.69. The molecule has 1 unspecified atom stereocenters. The first-order valence-corrected chi connectivity index (χ1v) is 8.41. The van der Waals surface area contributed by atoms with Gasteiger partial charge in [-0.3, -0.25) is 5.10 Å². The fourth-order valence-electron chi connectivity index (χ4n) is 3.50. The number of aromatic amines is 1. The highest BCUT2D eigenvalue weighted by Gasteiger charge is 2.25. The van der Waals surface area contributed by atoms with E-state index < -0.39 is 0 Å². The van der Waals surface area contributed by atoms with E-state index in [4.69, 9.17) is 11.6 Å². The number of hydrogen-bond acceptors (Lipinski definition) is 2. The average molecular weight is 331 g/mol. The predicted molar refractivity (Wildman–Crippen MR) is 88.5 cm³/mol. The van der Waals surface area contributed by atoms with E-state index in [0.29, 0.717) is 6.54 Å². The van der Waals surface area contributed by atoms with Crippen molar-refractivity contribution in [3.05, 3.63) is 51.8 Å². The summed E-state index contributed by atoms with van der Waals surface area (Å²) in [7, 11) is 0. The minimum atomic E-state index is 0.0301. The Bertz CT molecular complexity index is 742.